The van der Waals surface area contributed by atoms with Crippen LogP contribution in [0.25, 0.3) is 62.6 Å². The molecule has 2 heterocycles. The Labute approximate surface area is 421 Å². The molecule has 11 aromatic carbocycles. The first-order valence-corrected chi connectivity index (χ1v) is 25.6. The van der Waals surface area contributed by atoms with Crippen molar-refractivity contribution in [3.63, 3.8) is 0 Å². The monoisotopic (exact) mass is 943 g/mol. The minimum absolute atomic E-state index is 1.10. The van der Waals surface area contributed by atoms with E-state index in [4.69, 9.17) is 0 Å². The van der Waals surface area contributed by atoms with Gasteiger partial charge in [0.2, 0.25) is 0 Å². The van der Waals surface area contributed by atoms with Crippen molar-refractivity contribution >= 4 is 114 Å². The van der Waals surface area contributed by atoms with Gasteiger partial charge in [-0.05, 0) is 168 Å². The summed E-state index contributed by atoms with van der Waals surface area (Å²) in [6.45, 7) is 0. The molecule has 0 fully saturated rings. The maximum atomic E-state index is 2.37. The molecule has 0 radical (unpaired) electrons. The van der Waals surface area contributed by atoms with Crippen molar-refractivity contribution < 1.29 is 0 Å². The number of nitrogens with zero attached hydrogens (tertiary/aromatic N) is 3. The van der Waals surface area contributed by atoms with E-state index in [0.29, 0.717) is 0 Å². The maximum Gasteiger partial charge on any atom is 0.0468 e. The summed E-state index contributed by atoms with van der Waals surface area (Å²) in [5.74, 6) is 0. The van der Waals surface area contributed by atoms with E-state index >= 15 is 0 Å². The van der Waals surface area contributed by atoms with Crippen molar-refractivity contribution in [1.82, 2.24) is 0 Å². The number of anilines is 9. The SMILES string of the molecule is c1ccc(N(c2ccc(-c3ccc4sc5ccc(N(c6ccccc6)c6ccccc6)cc5c4c3)cc2)c2ccc(-c3ccc4sc5ccc(N(c6ccccc6)c6ccccc6)cc5c4c3)cc2)cc1. The van der Waals surface area contributed by atoms with Crippen LogP contribution in [0.4, 0.5) is 51.2 Å². The fraction of sp³-hybridized carbons (Fsp3) is 0. The van der Waals surface area contributed by atoms with Crippen molar-refractivity contribution in [3.8, 4) is 22.3 Å². The first kappa shape index (κ1) is 42.4. The van der Waals surface area contributed by atoms with Crippen LogP contribution in [0.2, 0.25) is 0 Å². The first-order chi connectivity index (χ1) is 35.2. The summed E-state index contributed by atoms with van der Waals surface area (Å²) in [5, 5.41) is 5.08. The van der Waals surface area contributed by atoms with E-state index in [2.05, 4.69) is 288 Å². The van der Waals surface area contributed by atoms with E-state index in [1.165, 1.54) is 62.6 Å². The Morgan fingerprint density at radius 3 is 0.718 bits per heavy atom. The summed E-state index contributed by atoms with van der Waals surface area (Å²) in [6, 6.07) is 98.8. The van der Waals surface area contributed by atoms with Crippen LogP contribution in [-0.4, -0.2) is 0 Å². The molecule has 0 aliphatic rings. The van der Waals surface area contributed by atoms with Gasteiger partial charge in [0.1, 0.15) is 0 Å². The summed E-state index contributed by atoms with van der Waals surface area (Å²) in [5.41, 5.74) is 14.9. The zero-order valence-electron chi connectivity index (χ0n) is 38.6. The largest absolute Gasteiger partial charge is 0.311 e. The molecule has 13 aromatic rings. The van der Waals surface area contributed by atoms with Crippen LogP contribution in [0.5, 0.6) is 0 Å². The molecule has 71 heavy (non-hydrogen) atoms. The van der Waals surface area contributed by atoms with Gasteiger partial charge in [-0.1, -0.05) is 127 Å². The molecule has 0 N–H and O–H groups in total. The second kappa shape index (κ2) is 18.3. The normalized spacial score (nSPS) is 11.4. The van der Waals surface area contributed by atoms with Gasteiger partial charge < -0.3 is 14.7 Å². The lowest BCUT2D eigenvalue weighted by atomic mass is 10.0. The van der Waals surface area contributed by atoms with Crippen molar-refractivity contribution in [3.05, 3.63) is 273 Å². The molecule has 2 aromatic heterocycles. The molecule has 0 spiro atoms. The maximum absolute atomic E-state index is 2.37. The summed E-state index contributed by atoms with van der Waals surface area (Å²) >= 11 is 3.71. The molecule has 0 unspecified atom stereocenters. The minimum atomic E-state index is 1.10. The van der Waals surface area contributed by atoms with E-state index in [1.54, 1.807) is 0 Å². The number of hydrogen-bond acceptors (Lipinski definition) is 5. The van der Waals surface area contributed by atoms with Gasteiger partial charge in [-0.3, -0.25) is 0 Å². The number of benzene rings is 11. The molecule has 336 valence electrons. The molecular weight excluding hydrogens is 899 g/mol. The average Bonchev–Trinajstić information content (AvgIpc) is 4.00. The van der Waals surface area contributed by atoms with Crippen molar-refractivity contribution in [1.29, 1.82) is 0 Å². The van der Waals surface area contributed by atoms with Crippen molar-refractivity contribution in [2.75, 3.05) is 14.7 Å². The van der Waals surface area contributed by atoms with E-state index in [9.17, 15) is 0 Å². The zero-order valence-corrected chi connectivity index (χ0v) is 40.3. The molecule has 3 nitrogen and oxygen atoms in total. The fourth-order valence-corrected chi connectivity index (χ4v) is 12.1. The fourth-order valence-electron chi connectivity index (χ4n) is 10.0. The third kappa shape index (κ3) is 8.07. The minimum Gasteiger partial charge on any atom is -0.311 e. The predicted octanol–water partition coefficient (Wildman–Crippen LogP) is 20.2. The number of hydrogen-bond donors (Lipinski definition) is 0. The Kier molecular flexibility index (Phi) is 10.9. The van der Waals surface area contributed by atoms with Gasteiger partial charge in [-0.15, -0.1) is 22.7 Å². The highest BCUT2D eigenvalue weighted by atomic mass is 32.1. The van der Waals surface area contributed by atoms with Crippen LogP contribution >= 0.6 is 22.7 Å². The van der Waals surface area contributed by atoms with Crippen LogP contribution in [-0.2, 0) is 0 Å². The first-order valence-electron chi connectivity index (χ1n) is 24.0. The van der Waals surface area contributed by atoms with Crippen LogP contribution in [0, 0.1) is 0 Å². The van der Waals surface area contributed by atoms with E-state index in [0.717, 1.165) is 51.2 Å². The van der Waals surface area contributed by atoms with E-state index < -0.39 is 0 Å². The highest BCUT2D eigenvalue weighted by Gasteiger charge is 2.18. The van der Waals surface area contributed by atoms with Crippen molar-refractivity contribution in [2.45, 2.75) is 0 Å². The van der Waals surface area contributed by atoms with Crippen molar-refractivity contribution in [2.24, 2.45) is 0 Å². The molecule has 0 aliphatic carbocycles. The highest BCUT2D eigenvalue weighted by Crippen LogP contribution is 2.45. The molecule has 0 saturated carbocycles. The predicted molar refractivity (Wildman–Crippen MR) is 307 cm³/mol. The lowest BCUT2D eigenvalue weighted by Crippen LogP contribution is -2.09. The van der Waals surface area contributed by atoms with Gasteiger partial charge in [0.25, 0.3) is 0 Å². The van der Waals surface area contributed by atoms with Gasteiger partial charge in [0.15, 0.2) is 0 Å². The highest BCUT2D eigenvalue weighted by molar-refractivity contribution is 7.26. The molecule has 5 heteroatoms. The Morgan fingerprint density at radius 1 is 0.183 bits per heavy atom. The zero-order chi connectivity index (χ0) is 47.1. The summed E-state index contributed by atoms with van der Waals surface area (Å²) in [6.07, 6.45) is 0. The summed E-state index contributed by atoms with van der Waals surface area (Å²) in [7, 11) is 0. The van der Waals surface area contributed by atoms with Gasteiger partial charge in [0, 0.05) is 91.5 Å². The second-order valence-electron chi connectivity index (χ2n) is 17.8. The average molecular weight is 944 g/mol. The summed E-state index contributed by atoms with van der Waals surface area (Å²) < 4.78 is 5.14. The van der Waals surface area contributed by atoms with Gasteiger partial charge >= 0.3 is 0 Å². The molecule has 13 rings (SSSR count). The van der Waals surface area contributed by atoms with Crippen LogP contribution in [0.1, 0.15) is 0 Å². The molecular formula is C66H45N3S2. The topological polar surface area (TPSA) is 9.72 Å². The number of para-hydroxylation sites is 5. The van der Waals surface area contributed by atoms with E-state index in [1.807, 2.05) is 22.7 Å². The Bertz CT molecular complexity index is 3640. The van der Waals surface area contributed by atoms with Crippen LogP contribution in [0.15, 0.2) is 273 Å². The molecule has 0 aliphatic heterocycles. The van der Waals surface area contributed by atoms with Crippen LogP contribution in [0.3, 0.4) is 0 Å². The lowest BCUT2D eigenvalue weighted by Gasteiger charge is -2.26. The number of fused-ring (bicyclic) bond motifs is 6. The molecule has 0 saturated heterocycles. The Morgan fingerprint density at radius 2 is 0.408 bits per heavy atom. The standard InChI is InChI=1S/C66H45N3S2/c1-6-16-50(17-7-1)67(55-32-26-46(27-33-55)48-30-38-63-59(42-48)61-44-57(36-40-65(61)70-63)68(51-18-8-2-9-19-51)52-20-10-3-11-21-52)56-34-28-47(29-35-56)49-31-39-64-60(43-49)62-45-58(37-41-66(62)71-64)69(53-22-12-4-13-23-53)54-24-14-5-15-25-54/h1-45H. The lowest BCUT2D eigenvalue weighted by molar-refractivity contribution is 1.28. The second-order valence-corrected chi connectivity index (χ2v) is 19.9. The molecule has 0 amide bonds. The van der Waals surface area contributed by atoms with Gasteiger partial charge in [-0.2, -0.15) is 0 Å². The smallest absolute Gasteiger partial charge is 0.0468 e. The quantitative estimate of drug-likeness (QED) is 0.128. The summed E-state index contributed by atoms with van der Waals surface area (Å²) in [4.78, 5) is 7.02. The van der Waals surface area contributed by atoms with E-state index in [-0.39, 0.29) is 0 Å². The molecule has 0 bridgehead atoms. The van der Waals surface area contributed by atoms with Gasteiger partial charge in [0.05, 0.1) is 0 Å². The molecule has 0 atom stereocenters. The third-order valence-electron chi connectivity index (χ3n) is 13.4. The Hall–Kier alpha value is -8.74. The number of thiophene rings is 2. The van der Waals surface area contributed by atoms with Crippen LogP contribution < -0.4 is 14.7 Å². The van der Waals surface area contributed by atoms with Gasteiger partial charge in [-0.25, -0.2) is 0 Å². The number of rotatable bonds is 11. The Balaban J connectivity index is 0.814. The third-order valence-corrected chi connectivity index (χ3v) is 15.7.